The summed E-state index contributed by atoms with van der Waals surface area (Å²) in [7, 11) is 4.41. The number of rotatable bonds is 10. The smallest absolute Gasteiger partial charge is 0.343 e. The highest BCUT2D eigenvalue weighted by Gasteiger charge is 2.17. The van der Waals surface area contributed by atoms with E-state index in [4.69, 9.17) is 23.7 Å². The van der Waals surface area contributed by atoms with E-state index in [1.165, 1.54) is 39.7 Å². The van der Waals surface area contributed by atoms with Gasteiger partial charge in [0.25, 0.3) is 5.91 Å². The largest absolute Gasteiger partial charge is 0.494 e. The Morgan fingerprint density at radius 2 is 1.51 bits per heavy atom. The monoisotopic (exact) mass is 528 g/mol. The van der Waals surface area contributed by atoms with Gasteiger partial charge >= 0.3 is 5.97 Å². The number of ether oxygens (including phenoxy) is 5. The third-order valence-electron chi connectivity index (χ3n) is 5.82. The molecule has 1 amide bonds. The second-order valence-electron chi connectivity index (χ2n) is 8.16. The predicted octanol–water partition coefficient (Wildman–Crippen LogP) is 5.25. The van der Waals surface area contributed by atoms with E-state index in [1.807, 2.05) is 37.3 Å². The molecular weight excluding hydrogens is 500 g/mol. The molecule has 0 fully saturated rings. The van der Waals surface area contributed by atoms with E-state index < -0.39 is 11.9 Å². The van der Waals surface area contributed by atoms with Gasteiger partial charge in [-0.2, -0.15) is 5.10 Å². The van der Waals surface area contributed by atoms with Gasteiger partial charge in [-0.05, 0) is 60.2 Å². The number of nitrogens with one attached hydrogen (secondary N) is 1. The lowest BCUT2D eigenvalue weighted by Crippen LogP contribution is -2.18. The summed E-state index contributed by atoms with van der Waals surface area (Å²) in [4.78, 5) is 25.8. The Morgan fingerprint density at radius 3 is 2.15 bits per heavy atom. The van der Waals surface area contributed by atoms with Crippen molar-refractivity contribution in [2.75, 3.05) is 27.9 Å². The van der Waals surface area contributed by atoms with Crippen molar-refractivity contribution in [2.45, 2.75) is 6.92 Å². The zero-order valence-electron chi connectivity index (χ0n) is 22.0. The fourth-order valence-electron chi connectivity index (χ4n) is 3.94. The van der Waals surface area contributed by atoms with Crippen LogP contribution in [-0.2, 0) is 0 Å². The third-order valence-corrected chi connectivity index (χ3v) is 5.82. The maximum Gasteiger partial charge on any atom is 0.343 e. The Bertz CT molecular complexity index is 1490. The molecule has 4 aromatic rings. The minimum atomic E-state index is -0.538. The van der Waals surface area contributed by atoms with Crippen LogP contribution in [0.25, 0.3) is 10.8 Å². The molecule has 0 atom stereocenters. The van der Waals surface area contributed by atoms with Gasteiger partial charge in [-0.3, -0.25) is 4.79 Å². The van der Waals surface area contributed by atoms with Crippen molar-refractivity contribution in [3.05, 3.63) is 89.5 Å². The highest BCUT2D eigenvalue weighted by atomic mass is 16.5. The number of hydrogen-bond acceptors (Lipinski definition) is 8. The number of hydrazone groups is 1. The number of esters is 1. The number of amides is 1. The summed E-state index contributed by atoms with van der Waals surface area (Å²) in [5.74, 6) is 0.957. The summed E-state index contributed by atoms with van der Waals surface area (Å²) in [6.45, 7) is 2.41. The van der Waals surface area contributed by atoms with Gasteiger partial charge in [0, 0.05) is 11.1 Å². The Hall–Kier alpha value is -5.05. The molecule has 0 aliphatic rings. The lowest BCUT2D eigenvalue weighted by molar-refractivity contribution is 0.0734. The number of nitrogens with zero attached hydrogens (tertiary/aromatic N) is 1. The van der Waals surface area contributed by atoms with Crippen molar-refractivity contribution in [3.8, 4) is 28.7 Å². The zero-order chi connectivity index (χ0) is 27.8. The first-order valence-electron chi connectivity index (χ1n) is 12.1. The molecule has 200 valence electrons. The van der Waals surface area contributed by atoms with E-state index in [2.05, 4.69) is 10.5 Å². The van der Waals surface area contributed by atoms with E-state index in [0.717, 1.165) is 10.8 Å². The lowest BCUT2D eigenvalue weighted by atomic mass is 10.0. The molecule has 4 rings (SSSR count). The van der Waals surface area contributed by atoms with Crippen molar-refractivity contribution in [3.63, 3.8) is 0 Å². The van der Waals surface area contributed by atoms with Gasteiger partial charge < -0.3 is 23.7 Å². The molecule has 4 aromatic carbocycles. The molecule has 0 saturated heterocycles. The molecule has 0 saturated carbocycles. The summed E-state index contributed by atoms with van der Waals surface area (Å²) in [5, 5.41) is 5.85. The van der Waals surface area contributed by atoms with Crippen molar-refractivity contribution in [1.82, 2.24) is 5.43 Å². The molecule has 0 aliphatic heterocycles. The normalized spacial score (nSPS) is 10.8. The predicted molar refractivity (Wildman–Crippen MR) is 148 cm³/mol. The highest BCUT2D eigenvalue weighted by molar-refractivity contribution is 6.04. The van der Waals surface area contributed by atoms with E-state index >= 15 is 0 Å². The third kappa shape index (κ3) is 6.10. The Labute approximate surface area is 225 Å². The Morgan fingerprint density at radius 1 is 0.821 bits per heavy atom. The SMILES string of the molecule is CCOc1ccc(C(=O)Oc2ccc3ccccc3c2/C=N/NC(=O)c2cc(OC)c(OC)c(OC)c2)cc1. The molecule has 1 N–H and O–H groups in total. The van der Waals surface area contributed by atoms with Crippen LogP contribution in [0.4, 0.5) is 0 Å². The van der Waals surface area contributed by atoms with Crippen LogP contribution in [0, 0.1) is 0 Å². The topological polar surface area (TPSA) is 105 Å². The zero-order valence-corrected chi connectivity index (χ0v) is 22.0. The molecule has 0 heterocycles. The fourth-order valence-corrected chi connectivity index (χ4v) is 3.94. The van der Waals surface area contributed by atoms with Gasteiger partial charge in [-0.1, -0.05) is 30.3 Å². The van der Waals surface area contributed by atoms with Gasteiger partial charge in [0.15, 0.2) is 11.5 Å². The maximum absolute atomic E-state index is 12.9. The van der Waals surface area contributed by atoms with E-state index in [0.29, 0.717) is 46.5 Å². The average Bonchev–Trinajstić information content (AvgIpc) is 2.97. The van der Waals surface area contributed by atoms with Crippen LogP contribution in [0.2, 0.25) is 0 Å². The molecule has 9 nitrogen and oxygen atoms in total. The number of benzene rings is 4. The number of carbonyl (C=O) groups is 2. The summed E-state index contributed by atoms with van der Waals surface area (Å²) in [6, 6.07) is 20.9. The van der Waals surface area contributed by atoms with Gasteiger partial charge in [0.1, 0.15) is 11.5 Å². The van der Waals surface area contributed by atoms with Crippen molar-refractivity contribution < 1.29 is 33.3 Å². The van der Waals surface area contributed by atoms with Gasteiger partial charge in [-0.25, -0.2) is 10.2 Å². The molecule has 0 unspecified atom stereocenters. The fraction of sp³-hybridized carbons (Fsp3) is 0.167. The molecular formula is C30H28N2O7. The number of fused-ring (bicyclic) bond motifs is 1. The lowest BCUT2D eigenvalue weighted by Gasteiger charge is -2.13. The van der Waals surface area contributed by atoms with E-state index in [1.54, 1.807) is 30.3 Å². The first-order valence-corrected chi connectivity index (χ1v) is 12.1. The van der Waals surface area contributed by atoms with E-state index in [9.17, 15) is 9.59 Å². The first-order chi connectivity index (χ1) is 19.0. The summed E-state index contributed by atoms with van der Waals surface area (Å²) < 4.78 is 27.1. The summed E-state index contributed by atoms with van der Waals surface area (Å²) >= 11 is 0. The van der Waals surface area contributed by atoms with Gasteiger partial charge in [0.05, 0.1) is 39.7 Å². The number of methoxy groups -OCH3 is 3. The van der Waals surface area contributed by atoms with Crippen molar-refractivity contribution in [2.24, 2.45) is 5.10 Å². The molecule has 9 heteroatoms. The van der Waals surface area contributed by atoms with Gasteiger partial charge in [-0.15, -0.1) is 0 Å². The molecule has 39 heavy (non-hydrogen) atoms. The molecule has 0 aromatic heterocycles. The van der Waals surface area contributed by atoms with Crippen LogP contribution in [-0.4, -0.2) is 46.0 Å². The maximum atomic E-state index is 12.9. The minimum absolute atomic E-state index is 0.252. The second kappa shape index (κ2) is 12.5. The molecule has 0 aliphatic carbocycles. The quantitative estimate of drug-likeness (QED) is 0.130. The standard InChI is InChI=1S/C30H28N2O7/c1-5-38-22-13-10-20(11-14-22)30(34)39-25-15-12-19-8-6-7-9-23(19)24(25)18-31-32-29(33)21-16-26(35-2)28(37-4)27(17-21)36-3/h6-18H,5H2,1-4H3,(H,32,33)/b31-18+. The molecule has 0 radical (unpaired) electrons. The highest BCUT2D eigenvalue weighted by Crippen LogP contribution is 2.38. The number of carbonyl (C=O) groups excluding carboxylic acids is 2. The van der Waals surface area contributed by atoms with Crippen LogP contribution in [0.15, 0.2) is 77.9 Å². The summed E-state index contributed by atoms with van der Waals surface area (Å²) in [5.41, 5.74) is 3.65. The van der Waals surface area contributed by atoms with Crippen LogP contribution >= 0.6 is 0 Å². The second-order valence-corrected chi connectivity index (χ2v) is 8.16. The van der Waals surface area contributed by atoms with Crippen LogP contribution in [0.5, 0.6) is 28.7 Å². The van der Waals surface area contributed by atoms with E-state index in [-0.39, 0.29) is 5.56 Å². The summed E-state index contributed by atoms with van der Waals surface area (Å²) in [6.07, 6.45) is 1.44. The van der Waals surface area contributed by atoms with Crippen molar-refractivity contribution in [1.29, 1.82) is 0 Å². The van der Waals surface area contributed by atoms with Crippen LogP contribution in [0.1, 0.15) is 33.2 Å². The first kappa shape index (κ1) is 27.0. The average molecular weight is 529 g/mol. The Balaban J connectivity index is 1.60. The molecule has 0 bridgehead atoms. The van der Waals surface area contributed by atoms with Crippen molar-refractivity contribution >= 4 is 28.9 Å². The Kier molecular flexibility index (Phi) is 8.63. The minimum Gasteiger partial charge on any atom is -0.494 e. The van der Waals surface area contributed by atoms with Crippen LogP contribution in [0.3, 0.4) is 0 Å². The number of hydrogen-bond donors (Lipinski definition) is 1. The molecule has 0 spiro atoms. The van der Waals surface area contributed by atoms with Gasteiger partial charge in [0.2, 0.25) is 5.75 Å². The van der Waals surface area contributed by atoms with Crippen LogP contribution < -0.4 is 29.1 Å².